The van der Waals surface area contributed by atoms with Crippen molar-refractivity contribution in [1.82, 2.24) is 0 Å². The van der Waals surface area contributed by atoms with Crippen LogP contribution < -0.4 is 4.74 Å². The SMILES string of the molecule is C/C=C\C=C(/C)C(=O)Oc1ccccc1. The zero-order valence-electron chi connectivity index (χ0n) is 8.94. The average molecular weight is 202 g/mol. The van der Waals surface area contributed by atoms with Crippen LogP contribution in [0.5, 0.6) is 5.75 Å². The molecule has 2 heteroatoms. The molecule has 0 spiro atoms. The molecule has 15 heavy (non-hydrogen) atoms. The molecule has 0 heterocycles. The van der Waals surface area contributed by atoms with Gasteiger partial charge in [0.05, 0.1) is 0 Å². The summed E-state index contributed by atoms with van der Waals surface area (Å²) in [7, 11) is 0. The molecule has 0 aliphatic heterocycles. The normalized spacial score (nSPS) is 11.7. The molecule has 0 fully saturated rings. The van der Waals surface area contributed by atoms with Crippen LogP contribution in [0, 0.1) is 0 Å². The molecule has 0 amide bonds. The quantitative estimate of drug-likeness (QED) is 0.326. The van der Waals surface area contributed by atoms with Gasteiger partial charge in [0.25, 0.3) is 0 Å². The third kappa shape index (κ3) is 3.81. The number of esters is 1. The van der Waals surface area contributed by atoms with E-state index < -0.39 is 0 Å². The van der Waals surface area contributed by atoms with Crippen LogP contribution in [0.25, 0.3) is 0 Å². The number of carbonyl (C=O) groups excluding carboxylic acids is 1. The third-order valence-corrected chi connectivity index (χ3v) is 1.81. The van der Waals surface area contributed by atoms with E-state index in [0.29, 0.717) is 11.3 Å². The monoisotopic (exact) mass is 202 g/mol. The van der Waals surface area contributed by atoms with Crippen molar-refractivity contribution in [1.29, 1.82) is 0 Å². The van der Waals surface area contributed by atoms with Gasteiger partial charge in [-0.25, -0.2) is 4.79 Å². The van der Waals surface area contributed by atoms with Gasteiger partial charge in [-0.15, -0.1) is 0 Å². The van der Waals surface area contributed by atoms with Crippen LogP contribution in [0.1, 0.15) is 13.8 Å². The number of para-hydroxylation sites is 1. The molecule has 0 atom stereocenters. The lowest BCUT2D eigenvalue weighted by Gasteiger charge is -2.02. The molecule has 0 N–H and O–H groups in total. The number of carbonyl (C=O) groups is 1. The van der Waals surface area contributed by atoms with Crippen LogP contribution >= 0.6 is 0 Å². The van der Waals surface area contributed by atoms with E-state index in [1.165, 1.54) is 0 Å². The first-order valence-corrected chi connectivity index (χ1v) is 4.81. The Bertz CT molecular complexity index is 375. The van der Waals surface area contributed by atoms with E-state index in [4.69, 9.17) is 4.74 Å². The Hall–Kier alpha value is -1.83. The number of ether oxygens (including phenoxy) is 1. The van der Waals surface area contributed by atoms with E-state index in [0.717, 1.165) is 0 Å². The highest BCUT2D eigenvalue weighted by Gasteiger charge is 2.05. The fourth-order valence-electron chi connectivity index (χ4n) is 0.985. The van der Waals surface area contributed by atoms with Crippen LogP contribution in [0.4, 0.5) is 0 Å². The molecule has 0 aliphatic carbocycles. The van der Waals surface area contributed by atoms with Gasteiger partial charge in [0.1, 0.15) is 5.75 Å². The van der Waals surface area contributed by atoms with Crippen molar-refractivity contribution in [3.8, 4) is 5.75 Å². The Kier molecular flexibility index (Phi) is 4.35. The maximum atomic E-state index is 11.5. The number of hydrogen-bond donors (Lipinski definition) is 0. The summed E-state index contributed by atoms with van der Waals surface area (Å²) in [6.45, 7) is 3.62. The molecular formula is C13H14O2. The summed E-state index contributed by atoms with van der Waals surface area (Å²) in [5.41, 5.74) is 0.581. The first-order valence-electron chi connectivity index (χ1n) is 4.81. The Morgan fingerprint density at radius 3 is 2.53 bits per heavy atom. The highest BCUT2D eigenvalue weighted by atomic mass is 16.5. The van der Waals surface area contributed by atoms with E-state index in [-0.39, 0.29) is 5.97 Å². The highest BCUT2D eigenvalue weighted by Crippen LogP contribution is 2.10. The van der Waals surface area contributed by atoms with Crippen LogP contribution in [-0.2, 0) is 4.79 Å². The van der Waals surface area contributed by atoms with Crippen LogP contribution in [-0.4, -0.2) is 5.97 Å². The zero-order valence-corrected chi connectivity index (χ0v) is 8.94. The Morgan fingerprint density at radius 1 is 1.27 bits per heavy atom. The van der Waals surface area contributed by atoms with Crippen LogP contribution in [0.3, 0.4) is 0 Å². The summed E-state index contributed by atoms with van der Waals surface area (Å²) in [5, 5.41) is 0. The van der Waals surface area contributed by atoms with E-state index in [9.17, 15) is 4.79 Å². The summed E-state index contributed by atoms with van der Waals surface area (Å²) >= 11 is 0. The number of rotatable bonds is 3. The lowest BCUT2D eigenvalue weighted by molar-refractivity contribution is -0.130. The Balaban J connectivity index is 2.64. The standard InChI is InChI=1S/C13H14O2/c1-3-4-8-11(2)13(14)15-12-9-6-5-7-10-12/h3-10H,1-2H3/b4-3-,11-8+. The van der Waals surface area contributed by atoms with Crippen molar-refractivity contribution in [2.24, 2.45) is 0 Å². The lowest BCUT2D eigenvalue weighted by atomic mass is 10.2. The lowest BCUT2D eigenvalue weighted by Crippen LogP contribution is -2.08. The molecule has 0 saturated heterocycles. The van der Waals surface area contributed by atoms with E-state index >= 15 is 0 Å². The van der Waals surface area contributed by atoms with Crippen molar-refractivity contribution in [2.45, 2.75) is 13.8 Å². The minimum absolute atomic E-state index is 0.320. The number of allylic oxidation sites excluding steroid dienone is 3. The Labute approximate surface area is 89.9 Å². The van der Waals surface area contributed by atoms with Crippen LogP contribution in [0.2, 0.25) is 0 Å². The van der Waals surface area contributed by atoms with Crippen molar-refractivity contribution in [3.05, 3.63) is 54.1 Å². The summed E-state index contributed by atoms with van der Waals surface area (Å²) in [6, 6.07) is 9.03. The largest absolute Gasteiger partial charge is 0.423 e. The second-order valence-electron chi connectivity index (χ2n) is 3.08. The van der Waals surface area contributed by atoms with Crippen molar-refractivity contribution in [3.63, 3.8) is 0 Å². The molecule has 0 aliphatic rings. The fraction of sp³-hybridized carbons (Fsp3) is 0.154. The summed E-state index contributed by atoms with van der Waals surface area (Å²) < 4.78 is 5.13. The van der Waals surface area contributed by atoms with Gasteiger partial charge in [0.2, 0.25) is 0 Å². The number of hydrogen-bond acceptors (Lipinski definition) is 2. The first-order chi connectivity index (χ1) is 7.24. The molecule has 2 nitrogen and oxygen atoms in total. The van der Waals surface area contributed by atoms with Gasteiger partial charge < -0.3 is 4.74 Å². The predicted octanol–water partition coefficient (Wildman–Crippen LogP) is 3.11. The minimum Gasteiger partial charge on any atom is -0.423 e. The zero-order chi connectivity index (χ0) is 11.1. The summed E-state index contributed by atoms with van der Waals surface area (Å²) in [6.07, 6.45) is 5.39. The van der Waals surface area contributed by atoms with Gasteiger partial charge in [-0.3, -0.25) is 0 Å². The fourth-order valence-corrected chi connectivity index (χ4v) is 0.985. The van der Waals surface area contributed by atoms with E-state index in [1.807, 2.05) is 37.3 Å². The average Bonchev–Trinajstić information content (AvgIpc) is 2.27. The first kappa shape index (κ1) is 11.2. The maximum absolute atomic E-state index is 11.5. The van der Waals surface area contributed by atoms with Crippen molar-refractivity contribution in [2.75, 3.05) is 0 Å². The van der Waals surface area contributed by atoms with Crippen molar-refractivity contribution >= 4 is 5.97 Å². The summed E-state index contributed by atoms with van der Waals surface area (Å²) in [5.74, 6) is 0.245. The molecule has 0 radical (unpaired) electrons. The smallest absolute Gasteiger partial charge is 0.339 e. The molecule has 1 aromatic rings. The third-order valence-electron chi connectivity index (χ3n) is 1.81. The minimum atomic E-state index is -0.320. The van der Waals surface area contributed by atoms with Gasteiger partial charge in [-0.05, 0) is 26.0 Å². The van der Waals surface area contributed by atoms with Gasteiger partial charge in [-0.1, -0.05) is 36.4 Å². The van der Waals surface area contributed by atoms with E-state index in [1.54, 1.807) is 25.1 Å². The second kappa shape index (κ2) is 5.81. The number of benzene rings is 1. The predicted molar refractivity (Wildman–Crippen MR) is 60.6 cm³/mol. The molecule has 1 rings (SSSR count). The molecule has 0 unspecified atom stereocenters. The van der Waals surface area contributed by atoms with Gasteiger partial charge >= 0.3 is 5.97 Å². The van der Waals surface area contributed by atoms with Crippen LogP contribution in [0.15, 0.2) is 54.1 Å². The Morgan fingerprint density at radius 2 is 1.93 bits per heavy atom. The summed E-state index contributed by atoms with van der Waals surface area (Å²) in [4.78, 5) is 11.5. The molecular weight excluding hydrogens is 188 g/mol. The molecule has 1 aromatic carbocycles. The van der Waals surface area contributed by atoms with Gasteiger partial charge in [0, 0.05) is 5.57 Å². The molecule has 78 valence electrons. The molecule has 0 saturated carbocycles. The van der Waals surface area contributed by atoms with Gasteiger partial charge in [0.15, 0.2) is 0 Å². The second-order valence-corrected chi connectivity index (χ2v) is 3.08. The van der Waals surface area contributed by atoms with Crippen molar-refractivity contribution < 1.29 is 9.53 Å². The van der Waals surface area contributed by atoms with Gasteiger partial charge in [-0.2, -0.15) is 0 Å². The molecule has 0 bridgehead atoms. The molecule has 0 aromatic heterocycles. The maximum Gasteiger partial charge on any atom is 0.339 e. The van der Waals surface area contributed by atoms with E-state index in [2.05, 4.69) is 0 Å². The topological polar surface area (TPSA) is 26.3 Å². The highest BCUT2D eigenvalue weighted by molar-refractivity contribution is 5.89.